The quantitative estimate of drug-likeness (QED) is 0.508. The van der Waals surface area contributed by atoms with Crippen molar-refractivity contribution in [3.63, 3.8) is 0 Å². The summed E-state index contributed by atoms with van der Waals surface area (Å²) in [6.07, 6.45) is 5.80. The highest BCUT2D eigenvalue weighted by atomic mass is 31.2. The number of rotatable bonds is 7. The van der Waals surface area contributed by atoms with E-state index in [2.05, 4.69) is 0 Å². The minimum absolute atomic E-state index is 0.347. The first-order valence-corrected chi connectivity index (χ1v) is 11.9. The summed E-state index contributed by atoms with van der Waals surface area (Å²) in [6.45, 7) is 9.47. The molecule has 1 fully saturated rings. The summed E-state index contributed by atoms with van der Waals surface area (Å²) in [5, 5.41) is 0. The Hall–Kier alpha value is -1.41. The maximum absolute atomic E-state index is 14.0. The van der Waals surface area contributed by atoms with Gasteiger partial charge in [-0.05, 0) is 51.2 Å². The Kier molecular flexibility index (Phi) is 7.45. The van der Waals surface area contributed by atoms with Crippen LogP contribution in [0.25, 0.3) is 0 Å². The largest absolute Gasteiger partial charge is 0.405 e. The number of hydrogen-bond donors (Lipinski definition) is 0. The summed E-state index contributed by atoms with van der Waals surface area (Å²) in [4.78, 5) is 26.1. The van der Waals surface area contributed by atoms with E-state index in [1.165, 1.54) is 0 Å². The summed E-state index contributed by atoms with van der Waals surface area (Å²) in [5.41, 5.74) is 2.29. The normalized spacial score (nSPS) is 18.6. The van der Waals surface area contributed by atoms with E-state index < -0.39 is 18.9 Å². The Morgan fingerprint density at radius 2 is 1.67 bits per heavy atom. The van der Waals surface area contributed by atoms with Crippen LogP contribution in [0.4, 0.5) is 0 Å². The second kappa shape index (κ2) is 9.19. The predicted molar refractivity (Wildman–Crippen MR) is 110 cm³/mol. The zero-order valence-corrected chi connectivity index (χ0v) is 18.2. The van der Waals surface area contributed by atoms with E-state index in [1.807, 2.05) is 39.8 Å². The highest BCUT2D eigenvalue weighted by Crippen LogP contribution is 2.59. The molecule has 1 aromatic rings. The Morgan fingerprint density at radius 1 is 1.11 bits per heavy atom. The first kappa shape index (κ1) is 21.9. The molecule has 0 radical (unpaired) electrons. The maximum atomic E-state index is 14.0. The number of benzene rings is 1. The van der Waals surface area contributed by atoms with Crippen LogP contribution in [0.5, 0.6) is 0 Å². The Bertz CT molecular complexity index is 724. The van der Waals surface area contributed by atoms with Crippen LogP contribution in [-0.4, -0.2) is 17.2 Å². The molecule has 0 amide bonds. The van der Waals surface area contributed by atoms with Crippen molar-refractivity contribution in [2.75, 3.05) is 0 Å². The molecule has 0 heterocycles. The van der Waals surface area contributed by atoms with Gasteiger partial charge in [0.25, 0.3) is 5.52 Å². The van der Waals surface area contributed by atoms with E-state index >= 15 is 0 Å². The lowest BCUT2D eigenvalue weighted by Crippen LogP contribution is -2.25. The molecule has 1 aromatic carbocycles. The average molecular weight is 392 g/mol. The van der Waals surface area contributed by atoms with Crippen LogP contribution < -0.4 is 0 Å². The van der Waals surface area contributed by atoms with E-state index in [9.17, 15) is 14.2 Å². The van der Waals surface area contributed by atoms with Crippen LogP contribution in [0, 0.1) is 26.7 Å². The topological polar surface area (TPSA) is 60.4 Å². The van der Waals surface area contributed by atoms with Crippen LogP contribution in [0.15, 0.2) is 12.1 Å². The smallest absolute Gasteiger partial charge is 0.321 e. The number of hydrogen-bond acceptors (Lipinski definition) is 4. The molecule has 0 saturated heterocycles. The van der Waals surface area contributed by atoms with Crippen LogP contribution in [0.2, 0.25) is 0 Å². The van der Waals surface area contributed by atoms with Gasteiger partial charge in [-0.2, -0.15) is 0 Å². The van der Waals surface area contributed by atoms with Crippen molar-refractivity contribution in [1.29, 1.82) is 0 Å². The highest BCUT2D eigenvalue weighted by Gasteiger charge is 2.46. The molecule has 27 heavy (non-hydrogen) atoms. The minimum atomic E-state index is -3.80. The molecule has 0 N–H and O–H groups in total. The van der Waals surface area contributed by atoms with Gasteiger partial charge in [0.1, 0.15) is 0 Å². The number of carbonyl (C=O) groups is 2. The van der Waals surface area contributed by atoms with Crippen molar-refractivity contribution < 1.29 is 18.7 Å². The molecule has 4 nitrogen and oxygen atoms in total. The predicted octanol–water partition coefficient (Wildman–Crippen LogP) is 6.34. The molecule has 150 valence electrons. The molecule has 0 spiro atoms. The van der Waals surface area contributed by atoms with Gasteiger partial charge in [-0.1, -0.05) is 57.2 Å². The molecule has 1 aliphatic carbocycles. The fourth-order valence-electron chi connectivity index (χ4n) is 4.15. The zero-order chi connectivity index (χ0) is 20.2. The highest BCUT2D eigenvalue weighted by molar-refractivity contribution is 7.78. The molecule has 0 bridgehead atoms. The van der Waals surface area contributed by atoms with Crippen molar-refractivity contribution in [3.05, 3.63) is 34.4 Å². The van der Waals surface area contributed by atoms with Crippen LogP contribution in [-0.2, 0) is 13.9 Å². The third-order valence-corrected chi connectivity index (χ3v) is 8.30. The van der Waals surface area contributed by atoms with Crippen molar-refractivity contribution >= 4 is 18.9 Å². The molecule has 0 aliphatic heterocycles. The van der Waals surface area contributed by atoms with E-state index in [4.69, 9.17) is 4.52 Å². The van der Waals surface area contributed by atoms with Gasteiger partial charge in [0, 0.05) is 5.56 Å². The monoisotopic (exact) mass is 392 g/mol. The van der Waals surface area contributed by atoms with Crippen LogP contribution in [0.3, 0.4) is 0 Å². The molecule has 2 rings (SSSR count). The van der Waals surface area contributed by atoms with E-state index in [0.29, 0.717) is 24.8 Å². The summed E-state index contributed by atoms with van der Waals surface area (Å²) in [6, 6.07) is 3.85. The Balaban J connectivity index is 2.44. The Morgan fingerprint density at radius 3 is 2.19 bits per heavy atom. The zero-order valence-electron chi connectivity index (χ0n) is 17.3. The lowest BCUT2D eigenvalue weighted by Gasteiger charge is -2.30. The lowest BCUT2D eigenvalue weighted by atomic mass is 10.0. The summed E-state index contributed by atoms with van der Waals surface area (Å²) < 4.78 is 19.6. The minimum Gasteiger partial charge on any atom is -0.405 e. The van der Waals surface area contributed by atoms with Crippen molar-refractivity contribution in [2.24, 2.45) is 5.92 Å². The van der Waals surface area contributed by atoms with Gasteiger partial charge in [0.15, 0.2) is 0 Å². The van der Waals surface area contributed by atoms with Gasteiger partial charge in [-0.15, -0.1) is 0 Å². The van der Waals surface area contributed by atoms with Crippen molar-refractivity contribution in [3.8, 4) is 0 Å². The fourth-order valence-corrected chi connectivity index (χ4v) is 6.87. The van der Waals surface area contributed by atoms with Gasteiger partial charge >= 0.3 is 13.3 Å². The second-order valence-corrected chi connectivity index (χ2v) is 10.6. The van der Waals surface area contributed by atoms with Gasteiger partial charge in [0.05, 0.1) is 11.6 Å². The number of aryl methyl sites for hydroxylation is 3. The van der Waals surface area contributed by atoms with E-state index in [1.54, 1.807) is 6.92 Å². The van der Waals surface area contributed by atoms with E-state index in [0.717, 1.165) is 42.4 Å². The molecule has 2 atom stereocenters. The molecule has 0 aromatic heterocycles. The van der Waals surface area contributed by atoms with Gasteiger partial charge < -0.3 is 4.52 Å². The average Bonchev–Trinajstić information content (AvgIpc) is 2.61. The second-order valence-electron chi connectivity index (χ2n) is 8.07. The molecular formula is C22H33O4P. The summed E-state index contributed by atoms with van der Waals surface area (Å²) >= 11 is 0. The Labute approximate surface area is 163 Å². The van der Waals surface area contributed by atoms with Gasteiger partial charge in [-0.3, -0.25) is 14.2 Å². The first-order chi connectivity index (χ1) is 12.7. The third-order valence-electron chi connectivity index (χ3n) is 5.58. The van der Waals surface area contributed by atoms with Crippen LogP contribution in [0.1, 0.15) is 85.8 Å². The standard InChI is InChI=1S/C22H33O4P/c1-6-10-16(3)21(23)26-27(25,19-11-8-7-9-12-19)22(24)20-17(4)13-15(2)14-18(20)5/h13-14,16,19H,6-12H2,1-5H3. The van der Waals surface area contributed by atoms with Gasteiger partial charge in [0.2, 0.25) is 0 Å². The fraction of sp³-hybridized carbons (Fsp3) is 0.636. The molecule has 2 unspecified atom stereocenters. The molecule has 1 saturated carbocycles. The summed E-state index contributed by atoms with van der Waals surface area (Å²) in [7, 11) is -3.80. The van der Waals surface area contributed by atoms with Gasteiger partial charge in [-0.25, -0.2) is 0 Å². The summed E-state index contributed by atoms with van der Waals surface area (Å²) in [5.74, 6) is -0.846. The van der Waals surface area contributed by atoms with Crippen molar-refractivity contribution in [2.45, 2.75) is 85.2 Å². The first-order valence-electron chi connectivity index (χ1n) is 10.2. The maximum Gasteiger partial charge on any atom is 0.321 e. The molecule has 5 heteroatoms. The lowest BCUT2D eigenvalue weighted by molar-refractivity contribution is -0.138. The van der Waals surface area contributed by atoms with E-state index in [-0.39, 0.29) is 11.6 Å². The molecular weight excluding hydrogens is 359 g/mol. The SMILES string of the molecule is CCCC(C)C(=O)OP(=O)(C(=O)c1c(C)cc(C)cc1C)C1CCCCC1. The van der Waals surface area contributed by atoms with Crippen LogP contribution >= 0.6 is 7.37 Å². The number of carbonyl (C=O) groups excluding carboxylic acids is 2. The van der Waals surface area contributed by atoms with Crippen molar-refractivity contribution in [1.82, 2.24) is 0 Å². The molecule has 1 aliphatic rings. The third kappa shape index (κ3) is 4.90.